The van der Waals surface area contributed by atoms with Crippen LogP contribution in [0.3, 0.4) is 0 Å². The average molecular weight is 371 g/mol. The van der Waals surface area contributed by atoms with Gasteiger partial charge in [0, 0.05) is 24.3 Å². The molecule has 0 saturated carbocycles. The molecule has 0 aliphatic heterocycles. The van der Waals surface area contributed by atoms with Gasteiger partial charge in [0.1, 0.15) is 5.75 Å². The van der Waals surface area contributed by atoms with Crippen LogP contribution in [0.25, 0.3) is 0 Å². The Morgan fingerprint density at radius 2 is 1.65 bits per heavy atom. The van der Waals surface area contributed by atoms with Crippen LogP contribution in [0.15, 0.2) is 48.5 Å². The maximum Gasteiger partial charge on any atom is 0.264 e. The number of benzene rings is 2. The van der Waals surface area contributed by atoms with Crippen LogP contribution >= 0.6 is 12.2 Å². The van der Waals surface area contributed by atoms with Crippen molar-refractivity contribution >= 4 is 29.0 Å². The predicted octanol–water partition coefficient (Wildman–Crippen LogP) is 5.03. The molecule has 4 nitrogen and oxygen atoms in total. The number of rotatable bonds is 7. The van der Waals surface area contributed by atoms with E-state index in [9.17, 15) is 4.79 Å². The van der Waals surface area contributed by atoms with Crippen molar-refractivity contribution in [3.8, 4) is 5.75 Å². The molecule has 0 atom stereocenters. The molecule has 5 heteroatoms. The second-order valence-electron chi connectivity index (χ2n) is 6.15. The Hall–Kier alpha value is -2.40. The number of hydrogen-bond acceptors (Lipinski definition) is 3. The van der Waals surface area contributed by atoms with Crippen molar-refractivity contribution in [1.29, 1.82) is 0 Å². The minimum Gasteiger partial charge on any atom is -0.432 e. The van der Waals surface area contributed by atoms with Gasteiger partial charge in [-0.05, 0) is 67.9 Å². The molecular formula is C21H26N2O2S. The van der Waals surface area contributed by atoms with Crippen LogP contribution in [-0.4, -0.2) is 29.1 Å². The highest BCUT2D eigenvalue weighted by molar-refractivity contribution is 7.80. The molecule has 0 fully saturated rings. The predicted molar refractivity (Wildman–Crippen MR) is 111 cm³/mol. The second-order valence-corrected chi connectivity index (χ2v) is 6.50. The molecule has 0 aliphatic carbocycles. The lowest BCUT2D eigenvalue weighted by Crippen LogP contribution is -2.34. The van der Waals surface area contributed by atoms with Gasteiger partial charge in [0.15, 0.2) is 0 Å². The lowest BCUT2D eigenvalue weighted by molar-refractivity contribution is 0.102. The fourth-order valence-electron chi connectivity index (χ4n) is 2.58. The van der Waals surface area contributed by atoms with E-state index in [1.54, 1.807) is 24.3 Å². The second kappa shape index (κ2) is 9.92. The lowest BCUT2D eigenvalue weighted by Gasteiger charge is -2.23. The first-order chi connectivity index (χ1) is 12.5. The van der Waals surface area contributed by atoms with Crippen LogP contribution in [-0.2, 0) is 0 Å². The van der Waals surface area contributed by atoms with Gasteiger partial charge < -0.3 is 15.0 Å². The largest absolute Gasteiger partial charge is 0.432 e. The number of carbonyl (C=O) groups is 1. The number of hydrogen-bond donors (Lipinski definition) is 1. The third-order valence-corrected chi connectivity index (χ3v) is 4.30. The average Bonchev–Trinajstić information content (AvgIpc) is 2.64. The summed E-state index contributed by atoms with van der Waals surface area (Å²) in [6, 6.07) is 14.7. The zero-order valence-electron chi connectivity index (χ0n) is 15.6. The zero-order chi connectivity index (χ0) is 18.9. The lowest BCUT2D eigenvalue weighted by atomic mass is 10.1. The summed E-state index contributed by atoms with van der Waals surface area (Å²) in [5.41, 5.74) is 2.41. The van der Waals surface area contributed by atoms with Gasteiger partial charge in [0.25, 0.3) is 11.1 Å². The van der Waals surface area contributed by atoms with E-state index >= 15 is 0 Å². The summed E-state index contributed by atoms with van der Waals surface area (Å²) in [6.45, 7) is 7.96. The molecule has 1 amide bonds. The Kier molecular flexibility index (Phi) is 7.60. The maximum absolute atomic E-state index is 12.4. The third-order valence-electron chi connectivity index (χ3n) is 3.96. The number of amides is 1. The first-order valence-electron chi connectivity index (χ1n) is 8.99. The SMILES string of the molecule is CCCN(CCC)C(=S)Oc1ccc(C(=O)Nc2ccccc2C)cc1. The smallest absolute Gasteiger partial charge is 0.264 e. The van der Waals surface area contributed by atoms with Crippen LogP contribution in [0.5, 0.6) is 5.75 Å². The first-order valence-corrected chi connectivity index (χ1v) is 9.39. The first kappa shape index (κ1) is 19.9. The van der Waals surface area contributed by atoms with Crippen molar-refractivity contribution in [2.45, 2.75) is 33.6 Å². The van der Waals surface area contributed by atoms with Crippen LogP contribution in [0.4, 0.5) is 5.69 Å². The highest BCUT2D eigenvalue weighted by Gasteiger charge is 2.11. The highest BCUT2D eigenvalue weighted by atomic mass is 32.1. The fraction of sp³-hybridized carbons (Fsp3) is 0.333. The minimum atomic E-state index is -0.146. The quantitative estimate of drug-likeness (QED) is 0.694. The molecular weight excluding hydrogens is 344 g/mol. The van der Waals surface area contributed by atoms with Gasteiger partial charge >= 0.3 is 0 Å². The molecule has 0 aromatic heterocycles. The van der Waals surface area contributed by atoms with E-state index in [-0.39, 0.29) is 5.91 Å². The van der Waals surface area contributed by atoms with Crippen molar-refractivity contribution in [1.82, 2.24) is 4.90 Å². The van der Waals surface area contributed by atoms with Gasteiger partial charge in [-0.15, -0.1) is 0 Å². The molecule has 0 bridgehead atoms. The molecule has 26 heavy (non-hydrogen) atoms. The summed E-state index contributed by atoms with van der Waals surface area (Å²) in [6.07, 6.45) is 2.03. The molecule has 0 aliphatic rings. The molecule has 0 unspecified atom stereocenters. The topological polar surface area (TPSA) is 41.6 Å². The van der Waals surface area contributed by atoms with E-state index in [1.165, 1.54) is 0 Å². The van der Waals surface area contributed by atoms with Crippen molar-refractivity contribution in [2.75, 3.05) is 18.4 Å². The summed E-state index contributed by atoms with van der Waals surface area (Å²) >= 11 is 5.40. The number of nitrogens with zero attached hydrogens (tertiary/aromatic N) is 1. The van der Waals surface area contributed by atoms with Crippen LogP contribution in [0.1, 0.15) is 42.6 Å². The van der Waals surface area contributed by atoms with E-state index in [0.717, 1.165) is 37.2 Å². The van der Waals surface area contributed by atoms with E-state index < -0.39 is 0 Å². The number of anilines is 1. The third kappa shape index (κ3) is 5.56. The molecule has 2 aromatic carbocycles. The van der Waals surface area contributed by atoms with E-state index in [1.807, 2.05) is 31.2 Å². The Morgan fingerprint density at radius 1 is 1.04 bits per heavy atom. The van der Waals surface area contributed by atoms with Gasteiger partial charge in [0.05, 0.1) is 0 Å². The van der Waals surface area contributed by atoms with E-state index in [4.69, 9.17) is 17.0 Å². The molecule has 0 heterocycles. The van der Waals surface area contributed by atoms with Gasteiger partial charge in [-0.1, -0.05) is 32.0 Å². The summed E-state index contributed by atoms with van der Waals surface area (Å²) in [5, 5.41) is 3.40. The van der Waals surface area contributed by atoms with Gasteiger partial charge in [0.2, 0.25) is 0 Å². The van der Waals surface area contributed by atoms with E-state index in [0.29, 0.717) is 16.5 Å². The summed E-state index contributed by atoms with van der Waals surface area (Å²) in [5.74, 6) is 0.492. The van der Waals surface area contributed by atoms with Crippen molar-refractivity contribution < 1.29 is 9.53 Å². The van der Waals surface area contributed by atoms with Gasteiger partial charge in [-0.2, -0.15) is 0 Å². The number of carbonyl (C=O) groups excluding carboxylic acids is 1. The van der Waals surface area contributed by atoms with Gasteiger partial charge in [-0.25, -0.2) is 0 Å². The molecule has 0 saturated heterocycles. The Balaban J connectivity index is 2.00. The Bertz CT molecular complexity index is 738. The number of thiocarbonyl (C=S) groups is 1. The fourth-order valence-corrected chi connectivity index (χ4v) is 2.86. The van der Waals surface area contributed by atoms with Crippen LogP contribution in [0, 0.1) is 6.92 Å². The zero-order valence-corrected chi connectivity index (χ0v) is 16.4. The number of nitrogens with one attached hydrogen (secondary N) is 1. The molecule has 0 radical (unpaired) electrons. The Morgan fingerprint density at radius 3 is 2.23 bits per heavy atom. The maximum atomic E-state index is 12.4. The monoisotopic (exact) mass is 370 g/mol. The number of para-hydroxylation sites is 1. The van der Waals surface area contributed by atoms with Crippen molar-refractivity contribution in [3.05, 3.63) is 59.7 Å². The molecule has 0 spiro atoms. The van der Waals surface area contributed by atoms with Crippen molar-refractivity contribution in [3.63, 3.8) is 0 Å². The van der Waals surface area contributed by atoms with Crippen molar-refractivity contribution in [2.24, 2.45) is 0 Å². The normalized spacial score (nSPS) is 10.3. The van der Waals surface area contributed by atoms with Crippen LogP contribution in [0.2, 0.25) is 0 Å². The number of ether oxygens (including phenoxy) is 1. The molecule has 1 N–H and O–H groups in total. The van der Waals surface area contributed by atoms with Gasteiger partial charge in [-0.3, -0.25) is 4.79 Å². The summed E-state index contributed by atoms with van der Waals surface area (Å²) in [4.78, 5) is 14.5. The van der Waals surface area contributed by atoms with Crippen LogP contribution < -0.4 is 10.1 Å². The Labute approximate surface area is 161 Å². The summed E-state index contributed by atoms with van der Waals surface area (Å²) in [7, 11) is 0. The van der Waals surface area contributed by atoms with E-state index in [2.05, 4.69) is 24.1 Å². The standard InChI is InChI=1S/C21H26N2O2S/c1-4-14-23(15-5-2)21(26)25-18-12-10-17(11-13-18)20(24)22-19-9-7-6-8-16(19)3/h6-13H,4-5,14-15H2,1-3H3,(H,22,24). The summed E-state index contributed by atoms with van der Waals surface area (Å²) < 4.78 is 5.78. The molecule has 138 valence electrons. The highest BCUT2D eigenvalue weighted by Crippen LogP contribution is 2.17. The molecule has 2 rings (SSSR count). The number of aryl methyl sites for hydroxylation is 1. The minimum absolute atomic E-state index is 0.146. The molecule has 2 aromatic rings.